The predicted octanol–water partition coefficient (Wildman–Crippen LogP) is 4.24. The van der Waals surface area contributed by atoms with Gasteiger partial charge in [0.15, 0.2) is 0 Å². The molecule has 0 unspecified atom stereocenters. The molecule has 0 aliphatic heterocycles. The van der Waals surface area contributed by atoms with Gasteiger partial charge < -0.3 is 4.90 Å². The van der Waals surface area contributed by atoms with Crippen LogP contribution < -0.4 is 0 Å². The molecule has 3 rings (SSSR count). The lowest BCUT2D eigenvalue weighted by atomic mass is 10.1. The number of rotatable bonds is 4. The van der Waals surface area contributed by atoms with Crippen molar-refractivity contribution in [2.45, 2.75) is 25.3 Å². The smallest absolute Gasteiger partial charge is 0.254 e. The molecule has 4 nitrogen and oxygen atoms in total. The SMILES string of the molecule is CSc1ccc(C)c(C(=O)N(C)Cc2nc(C)c3ccccc3n2)c1. The molecule has 1 heterocycles. The van der Waals surface area contributed by atoms with Gasteiger partial charge in [0.2, 0.25) is 0 Å². The Morgan fingerprint density at radius 1 is 1.12 bits per heavy atom. The van der Waals surface area contributed by atoms with Gasteiger partial charge >= 0.3 is 0 Å². The van der Waals surface area contributed by atoms with E-state index in [-0.39, 0.29) is 5.91 Å². The van der Waals surface area contributed by atoms with Gasteiger partial charge in [-0.3, -0.25) is 4.79 Å². The summed E-state index contributed by atoms with van der Waals surface area (Å²) in [4.78, 5) is 24.8. The van der Waals surface area contributed by atoms with Crippen LogP contribution >= 0.6 is 11.8 Å². The molecule has 0 fully saturated rings. The zero-order valence-corrected chi connectivity index (χ0v) is 15.7. The first-order valence-corrected chi connectivity index (χ1v) is 9.34. The molecule has 128 valence electrons. The van der Waals surface area contributed by atoms with Gasteiger partial charge in [0.25, 0.3) is 5.91 Å². The molecule has 2 aromatic carbocycles. The molecular weight excluding hydrogens is 330 g/mol. The van der Waals surface area contributed by atoms with E-state index in [0.717, 1.165) is 32.6 Å². The fourth-order valence-corrected chi connectivity index (χ4v) is 3.25. The molecule has 0 aliphatic rings. The quantitative estimate of drug-likeness (QED) is 0.660. The average Bonchev–Trinajstić information content (AvgIpc) is 2.61. The lowest BCUT2D eigenvalue weighted by Gasteiger charge is -2.18. The Hall–Kier alpha value is -2.40. The number of amides is 1. The van der Waals surface area contributed by atoms with Gasteiger partial charge in [-0.05, 0) is 43.9 Å². The summed E-state index contributed by atoms with van der Waals surface area (Å²) in [7, 11) is 1.79. The Morgan fingerprint density at radius 3 is 2.64 bits per heavy atom. The molecule has 0 atom stereocenters. The first kappa shape index (κ1) is 17.4. The van der Waals surface area contributed by atoms with Crippen LogP contribution in [0.5, 0.6) is 0 Å². The maximum Gasteiger partial charge on any atom is 0.254 e. The summed E-state index contributed by atoms with van der Waals surface area (Å²) >= 11 is 1.63. The van der Waals surface area contributed by atoms with Crippen LogP contribution in [0.4, 0.5) is 0 Å². The molecule has 1 aromatic heterocycles. The summed E-state index contributed by atoms with van der Waals surface area (Å²) in [6.45, 7) is 4.32. The second kappa shape index (κ2) is 7.23. The van der Waals surface area contributed by atoms with Crippen molar-refractivity contribution in [2.24, 2.45) is 0 Å². The Kier molecular flexibility index (Phi) is 5.04. The summed E-state index contributed by atoms with van der Waals surface area (Å²) in [6, 6.07) is 13.9. The van der Waals surface area contributed by atoms with Crippen molar-refractivity contribution in [3.63, 3.8) is 0 Å². The van der Waals surface area contributed by atoms with Crippen LogP contribution in [0.25, 0.3) is 10.9 Å². The minimum absolute atomic E-state index is 0.0113. The highest BCUT2D eigenvalue weighted by Gasteiger charge is 2.16. The van der Waals surface area contributed by atoms with E-state index in [2.05, 4.69) is 9.97 Å². The van der Waals surface area contributed by atoms with Gasteiger partial charge in [-0.2, -0.15) is 0 Å². The fourth-order valence-electron chi connectivity index (χ4n) is 2.81. The Morgan fingerprint density at radius 2 is 1.88 bits per heavy atom. The normalized spacial score (nSPS) is 10.9. The van der Waals surface area contributed by atoms with Crippen LogP contribution in [0.3, 0.4) is 0 Å². The van der Waals surface area contributed by atoms with Gasteiger partial charge in [0, 0.05) is 28.6 Å². The molecule has 5 heteroatoms. The minimum atomic E-state index is -0.0113. The molecule has 0 radical (unpaired) electrons. The van der Waals surface area contributed by atoms with Gasteiger partial charge in [0.1, 0.15) is 5.82 Å². The van der Waals surface area contributed by atoms with Crippen molar-refractivity contribution < 1.29 is 4.79 Å². The Balaban J connectivity index is 1.87. The summed E-state index contributed by atoms with van der Waals surface area (Å²) in [5.74, 6) is 0.647. The number of para-hydroxylation sites is 1. The number of benzene rings is 2. The fraction of sp³-hybridized carbons (Fsp3) is 0.250. The number of nitrogens with zero attached hydrogens (tertiary/aromatic N) is 3. The standard InChI is InChI=1S/C20H21N3OS/c1-13-9-10-15(25-4)11-17(13)20(24)23(3)12-19-21-14(2)16-7-5-6-8-18(16)22-19/h5-11H,12H2,1-4H3. The van der Waals surface area contributed by atoms with Crippen LogP contribution in [-0.4, -0.2) is 34.1 Å². The highest BCUT2D eigenvalue weighted by molar-refractivity contribution is 7.98. The molecule has 25 heavy (non-hydrogen) atoms. The summed E-state index contributed by atoms with van der Waals surface area (Å²) in [5, 5.41) is 1.05. The number of aryl methyl sites for hydroxylation is 2. The molecule has 0 saturated heterocycles. The van der Waals surface area contributed by atoms with Gasteiger partial charge in [-0.15, -0.1) is 11.8 Å². The third-order valence-corrected chi connectivity index (χ3v) is 4.97. The van der Waals surface area contributed by atoms with Crippen LogP contribution in [0.1, 0.15) is 27.4 Å². The Bertz CT molecular complexity index is 939. The van der Waals surface area contributed by atoms with E-state index in [1.54, 1.807) is 23.7 Å². The lowest BCUT2D eigenvalue weighted by Crippen LogP contribution is -2.28. The molecule has 0 aliphatic carbocycles. The highest BCUT2D eigenvalue weighted by Crippen LogP contribution is 2.21. The summed E-state index contributed by atoms with van der Waals surface area (Å²) in [6.07, 6.45) is 2.01. The first-order valence-electron chi connectivity index (χ1n) is 8.12. The van der Waals surface area contributed by atoms with E-state index in [1.165, 1.54) is 0 Å². The third-order valence-electron chi connectivity index (χ3n) is 4.24. The maximum atomic E-state index is 12.8. The largest absolute Gasteiger partial charge is 0.334 e. The molecule has 1 amide bonds. The maximum absolute atomic E-state index is 12.8. The number of aromatic nitrogens is 2. The number of hydrogen-bond acceptors (Lipinski definition) is 4. The molecule has 3 aromatic rings. The molecule has 0 bridgehead atoms. The van der Waals surface area contributed by atoms with Crippen molar-refractivity contribution >= 4 is 28.6 Å². The Labute approximate surface area is 152 Å². The highest BCUT2D eigenvalue weighted by atomic mass is 32.2. The van der Waals surface area contributed by atoms with Gasteiger partial charge in [0.05, 0.1) is 12.1 Å². The van der Waals surface area contributed by atoms with E-state index >= 15 is 0 Å². The number of hydrogen-bond donors (Lipinski definition) is 0. The predicted molar refractivity (Wildman–Crippen MR) is 103 cm³/mol. The zero-order chi connectivity index (χ0) is 18.0. The van der Waals surface area contributed by atoms with Crippen molar-refractivity contribution in [1.82, 2.24) is 14.9 Å². The molecule has 0 saturated carbocycles. The van der Waals surface area contributed by atoms with Crippen molar-refractivity contribution in [2.75, 3.05) is 13.3 Å². The number of carbonyl (C=O) groups is 1. The van der Waals surface area contributed by atoms with E-state index in [4.69, 9.17) is 0 Å². The lowest BCUT2D eigenvalue weighted by molar-refractivity contribution is 0.0780. The third kappa shape index (κ3) is 3.66. The van der Waals surface area contributed by atoms with E-state index in [0.29, 0.717) is 12.4 Å². The topological polar surface area (TPSA) is 46.1 Å². The van der Waals surface area contributed by atoms with Crippen LogP contribution in [-0.2, 0) is 6.54 Å². The van der Waals surface area contributed by atoms with E-state index in [9.17, 15) is 4.79 Å². The van der Waals surface area contributed by atoms with Crippen molar-refractivity contribution in [1.29, 1.82) is 0 Å². The van der Waals surface area contributed by atoms with E-state index < -0.39 is 0 Å². The summed E-state index contributed by atoms with van der Waals surface area (Å²) < 4.78 is 0. The van der Waals surface area contributed by atoms with Crippen LogP contribution in [0, 0.1) is 13.8 Å². The number of thioether (sulfide) groups is 1. The van der Waals surface area contributed by atoms with Gasteiger partial charge in [-0.25, -0.2) is 9.97 Å². The van der Waals surface area contributed by atoms with Crippen molar-refractivity contribution in [3.8, 4) is 0 Å². The minimum Gasteiger partial charge on any atom is -0.334 e. The molecular formula is C20H21N3OS. The average molecular weight is 351 g/mol. The van der Waals surface area contributed by atoms with Crippen molar-refractivity contribution in [3.05, 3.63) is 65.1 Å². The van der Waals surface area contributed by atoms with Gasteiger partial charge in [-0.1, -0.05) is 24.3 Å². The summed E-state index contributed by atoms with van der Waals surface area (Å²) in [5.41, 5.74) is 3.55. The first-order chi connectivity index (χ1) is 12.0. The monoisotopic (exact) mass is 351 g/mol. The number of fused-ring (bicyclic) bond motifs is 1. The second-order valence-corrected chi connectivity index (χ2v) is 6.96. The zero-order valence-electron chi connectivity index (χ0n) is 14.9. The molecule has 0 spiro atoms. The molecule has 0 N–H and O–H groups in total. The second-order valence-electron chi connectivity index (χ2n) is 6.08. The number of carbonyl (C=O) groups excluding carboxylic acids is 1. The van der Waals surface area contributed by atoms with Crippen LogP contribution in [0.15, 0.2) is 47.4 Å². The van der Waals surface area contributed by atoms with E-state index in [1.807, 2.05) is 62.6 Å². The van der Waals surface area contributed by atoms with Crippen LogP contribution in [0.2, 0.25) is 0 Å².